The number of likely N-dealkylation sites (N-methyl/N-ethyl adjacent to an activating group) is 1. The van der Waals surface area contributed by atoms with Crippen molar-refractivity contribution in [1.82, 2.24) is 10.3 Å². The highest BCUT2D eigenvalue weighted by atomic mass is 32.1. The SMILES string of the molecule is CNCCc1ncc(CF)s1. The highest BCUT2D eigenvalue weighted by Crippen LogP contribution is 2.13. The molecule has 1 aromatic rings. The number of nitrogens with one attached hydrogen (secondary N) is 1. The zero-order valence-corrected chi connectivity index (χ0v) is 7.25. The van der Waals surface area contributed by atoms with E-state index in [-0.39, 0.29) is 0 Å². The van der Waals surface area contributed by atoms with Crippen LogP contribution in [-0.2, 0) is 13.1 Å². The Hall–Kier alpha value is -0.480. The van der Waals surface area contributed by atoms with Gasteiger partial charge in [-0.1, -0.05) is 0 Å². The molecule has 0 amide bonds. The van der Waals surface area contributed by atoms with Crippen LogP contribution in [-0.4, -0.2) is 18.6 Å². The van der Waals surface area contributed by atoms with Gasteiger partial charge in [0.1, 0.15) is 6.67 Å². The lowest BCUT2D eigenvalue weighted by Gasteiger charge is -1.92. The molecule has 0 radical (unpaired) electrons. The third kappa shape index (κ3) is 2.55. The van der Waals surface area contributed by atoms with E-state index >= 15 is 0 Å². The Balaban J connectivity index is 2.44. The third-order valence-corrected chi connectivity index (χ3v) is 2.34. The number of aromatic nitrogens is 1. The van der Waals surface area contributed by atoms with Gasteiger partial charge < -0.3 is 5.32 Å². The van der Waals surface area contributed by atoms with Gasteiger partial charge in [-0.2, -0.15) is 0 Å². The highest BCUT2D eigenvalue weighted by Gasteiger charge is 1.99. The fraction of sp³-hybridized carbons (Fsp3) is 0.571. The van der Waals surface area contributed by atoms with Gasteiger partial charge in [-0.15, -0.1) is 11.3 Å². The van der Waals surface area contributed by atoms with Crippen LogP contribution in [0.15, 0.2) is 6.20 Å². The Morgan fingerprint density at radius 1 is 1.73 bits per heavy atom. The number of hydrogen-bond donors (Lipinski definition) is 1. The van der Waals surface area contributed by atoms with Gasteiger partial charge in [0.15, 0.2) is 0 Å². The molecule has 2 nitrogen and oxygen atoms in total. The Bertz CT molecular complexity index is 212. The molecule has 0 unspecified atom stereocenters. The summed E-state index contributed by atoms with van der Waals surface area (Å²) in [5, 5.41) is 4.02. The van der Waals surface area contributed by atoms with Crippen LogP contribution in [0.3, 0.4) is 0 Å². The summed E-state index contributed by atoms with van der Waals surface area (Å²) in [7, 11) is 1.89. The Kier molecular flexibility index (Phi) is 3.45. The monoisotopic (exact) mass is 174 g/mol. The van der Waals surface area contributed by atoms with Crippen LogP contribution in [0.4, 0.5) is 4.39 Å². The number of hydrogen-bond acceptors (Lipinski definition) is 3. The fourth-order valence-electron chi connectivity index (χ4n) is 0.757. The Labute approximate surface area is 69.5 Å². The van der Waals surface area contributed by atoms with Crippen molar-refractivity contribution in [3.8, 4) is 0 Å². The molecule has 0 saturated carbocycles. The van der Waals surface area contributed by atoms with Crippen LogP contribution >= 0.6 is 11.3 Å². The maximum absolute atomic E-state index is 12.0. The molecule has 1 rings (SSSR count). The summed E-state index contributed by atoms with van der Waals surface area (Å²) in [5.41, 5.74) is 0. The van der Waals surface area contributed by atoms with E-state index in [1.807, 2.05) is 7.05 Å². The second kappa shape index (κ2) is 4.41. The van der Waals surface area contributed by atoms with Crippen LogP contribution in [0.25, 0.3) is 0 Å². The molecule has 0 aliphatic rings. The molecule has 4 heteroatoms. The van der Waals surface area contributed by atoms with Crippen molar-refractivity contribution in [1.29, 1.82) is 0 Å². The summed E-state index contributed by atoms with van der Waals surface area (Å²) >= 11 is 1.45. The first-order valence-electron chi connectivity index (χ1n) is 3.51. The van der Waals surface area contributed by atoms with Crippen LogP contribution in [0, 0.1) is 0 Å². The van der Waals surface area contributed by atoms with Crippen molar-refractivity contribution in [2.45, 2.75) is 13.1 Å². The molecule has 11 heavy (non-hydrogen) atoms. The van der Waals surface area contributed by atoms with Gasteiger partial charge in [-0.05, 0) is 7.05 Å². The zero-order valence-electron chi connectivity index (χ0n) is 6.43. The normalized spacial score (nSPS) is 10.4. The summed E-state index contributed by atoms with van der Waals surface area (Å²) in [6.07, 6.45) is 2.50. The van der Waals surface area contributed by atoms with Gasteiger partial charge >= 0.3 is 0 Å². The second-order valence-corrected chi connectivity index (χ2v) is 3.41. The van der Waals surface area contributed by atoms with Crippen molar-refractivity contribution in [3.63, 3.8) is 0 Å². The average molecular weight is 174 g/mol. The topological polar surface area (TPSA) is 24.9 Å². The van der Waals surface area contributed by atoms with E-state index in [2.05, 4.69) is 10.3 Å². The van der Waals surface area contributed by atoms with Crippen molar-refractivity contribution in [2.75, 3.05) is 13.6 Å². The number of thiazole rings is 1. The summed E-state index contributed by atoms with van der Waals surface area (Å²) in [4.78, 5) is 4.78. The molecule has 0 fully saturated rings. The minimum atomic E-state index is -0.392. The van der Waals surface area contributed by atoms with Gasteiger partial charge in [0.05, 0.1) is 9.88 Å². The quantitative estimate of drug-likeness (QED) is 0.745. The summed E-state index contributed by atoms with van der Waals surface area (Å²) in [5.74, 6) is 0. The molecule has 0 aliphatic carbocycles. The van der Waals surface area contributed by atoms with Crippen LogP contribution in [0.2, 0.25) is 0 Å². The van der Waals surface area contributed by atoms with E-state index in [0.717, 1.165) is 22.9 Å². The van der Waals surface area contributed by atoms with Crippen molar-refractivity contribution in [3.05, 3.63) is 16.1 Å². The van der Waals surface area contributed by atoms with Crippen molar-refractivity contribution >= 4 is 11.3 Å². The summed E-state index contributed by atoms with van der Waals surface area (Å²) in [6.45, 7) is 0.510. The second-order valence-electron chi connectivity index (χ2n) is 2.21. The Morgan fingerprint density at radius 2 is 2.55 bits per heavy atom. The first-order chi connectivity index (χ1) is 5.36. The van der Waals surface area contributed by atoms with Crippen molar-refractivity contribution < 1.29 is 4.39 Å². The molecule has 0 saturated heterocycles. The maximum Gasteiger partial charge on any atom is 0.125 e. The highest BCUT2D eigenvalue weighted by molar-refractivity contribution is 7.11. The molecule has 0 spiro atoms. The third-order valence-electron chi connectivity index (χ3n) is 1.32. The smallest absolute Gasteiger partial charge is 0.125 e. The summed E-state index contributed by atoms with van der Waals surface area (Å²) < 4.78 is 12.0. The Morgan fingerprint density at radius 3 is 3.09 bits per heavy atom. The minimum absolute atomic E-state index is 0.392. The minimum Gasteiger partial charge on any atom is -0.319 e. The first-order valence-corrected chi connectivity index (χ1v) is 4.32. The van der Waals surface area contributed by atoms with E-state index in [1.54, 1.807) is 6.20 Å². The molecule has 0 bridgehead atoms. The van der Waals surface area contributed by atoms with Crippen molar-refractivity contribution in [2.24, 2.45) is 0 Å². The molecule has 62 valence electrons. The van der Waals surface area contributed by atoms with Gasteiger partial charge in [-0.3, -0.25) is 0 Å². The predicted molar refractivity (Wildman–Crippen MR) is 44.6 cm³/mol. The largest absolute Gasteiger partial charge is 0.319 e. The maximum atomic E-state index is 12.0. The van der Waals surface area contributed by atoms with E-state index in [4.69, 9.17) is 0 Å². The summed E-state index contributed by atoms with van der Waals surface area (Å²) in [6, 6.07) is 0. The van der Waals surface area contributed by atoms with E-state index in [0.29, 0.717) is 0 Å². The lowest BCUT2D eigenvalue weighted by Crippen LogP contribution is -2.09. The molecule has 0 atom stereocenters. The number of alkyl halides is 1. The fourth-order valence-corrected chi connectivity index (χ4v) is 1.53. The molecule has 1 N–H and O–H groups in total. The van der Waals surface area contributed by atoms with Gasteiger partial charge in [-0.25, -0.2) is 9.37 Å². The van der Waals surface area contributed by atoms with E-state index < -0.39 is 6.67 Å². The molecule has 1 heterocycles. The van der Waals surface area contributed by atoms with E-state index in [1.165, 1.54) is 11.3 Å². The standard InChI is InChI=1S/C7H11FN2S/c1-9-3-2-7-10-5-6(4-8)11-7/h5,9H,2-4H2,1H3. The number of nitrogens with zero attached hydrogens (tertiary/aromatic N) is 1. The zero-order chi connectivity index (χ0) is 8.10. The molecule has 1 aromatic heterocycles. The van der Waals surface area contributed by atoms with Crippen LogP contribution < -0.4 is 5.32 Å². The average Bonchev–Trinajstić information content (AvgIpc) is 2.48. The van der Waals surface area contributed by atoms with Crippen LogP contribution in [0.1, 0.15) is 9.88 Å². The molecule has 0 aliphatic heterocycles. The molecular weight excluding hydrogens is 163 g/mol. The van der Waals surface area contributed by atoms with Gasteiger partial charge in [0.25, 0.3) is 0 Å². The van der Waals surface area contributed by atoms with Crippen LogP contribution in [0.5, 0.6) is 0 Å². The van der Waals surface area contributed by atoms with Gasteiger partial charge in [0.2, 0.25) is 0 Å². The molecule has 0 aromatic carbocycles. The van der Waals surface area contributed by atoms with Gasteiger partial charge in [0, 0.05) is 19.2 Å². The predicted octanol–water partition coefficient (Wildman–Crippen LogP) is 1.37. The number of halogens is 1. The number of rotatable bonds is 4. The first kappa shape index (κ1) is 8.62. The van der Waals surface area contributed by atoms with E-state index in [9.17, 15) is 4.39 Å². The molecular formula is C7H11FN2S. The lowest BCUT2D eigenvalue weighted by molar-refractivity contribution is 0.491. The lowest BCUT2D eigenvalue weighted by atomic mass is 10.4.